The summed E-state index contributed by atoms with van der Waals surface area (Å²) in [4.78, 5) is 1.11. The second kappa shape index (κ2) is 5.65. The van der Waals surface area contributed by atoms with Gasteiger partial charge in [-0.15, -0.1) is 11.3 Å². The Morgan fingerprint density at radius 2 is 2.00 bits per heavy atom. The van der Waals surface area contributed by atoms with Crippen molar-refractivity contribution < 1.29 is 8.42 Å². The van der Waals surface area contributed by atoms with Crippen LogP contribution in [0.3, 0.4) is 0 Å². The first-order chi connectivity index (χ1) is 9.67. The van der Waals surface area contributed by atoms with Gasteiger partial charge in [-0.2, -0.15) is 17.4 Å². The molecule has 1 aliphatic rings. The predicted octanol–water partition coefficient (Wildman–Crippen LogP) is 2.53. The molecule has 2 heterocycles. The number of hydrogen-bond donors (Lipinski definition) is 1. The van der Waals surface area contributed by atoms with Gasteiger partial charge in [0.05, 0.1) is 6.04 Å². The molecule has 4 nitrogen and oxygen atoms in total. The van der Waals surface area contributed by atoms with Crippen LogP contribution in [0.2, 0.25) is 0 Å². The summed E-state index contributed by atoms with van der Waals surface area (Å²) in [6.07, 6.45) is 0.896. The Hall–Kier alpha value is -1.21. The first kappa shape index (κ1) is 13.8. The summed E-state index contributed by atoms with van der Waals surface area (Å²) < 4.78 is 28.8. The highest BCUT2D eigenvalue weighted by Crippen LogP contribution is 2.37. The smallest absolute Gasteiger partial charge is 0.198 e. The molecule has 1 aliphatic heterocycles. The molecule has 3 rings (SSSR count). The van der Waals surface area contributed by atoms with Crippen molar-refractivity contribution in [2.75, 3.05) is 6.54 Å². The van der Waals surface area contributed by atoms with Crippen LogP contribution >= 0.6 is 11.3 Å². The molecule has 0 spiro atoms. The SMILES string of the molecule is O=S(=O)(NCc1ccccc1)N1CCC1c1cccs1. The maximum atomic E-state index is 12.3. The van der Waals surface area contributed by atoms with Gasteiger partial charge in [-0.1, -0.05) is 36.4 Å². The van der Waals surface area contributed by atoms with E-state index in [1.165, 1.54) is 0 Å². The lowest BCUT2D eigenvalue weighted by atomic mass is 10.1. The third-order valence-electron chi connectivity index (χ3n) is 3.45. The summed E-state index contributed by atoms with van der Waals surface area (Å²) >= 11 is 1.61. The molecular formula is C14H16N2O2S2. The molecule has 1 N–H and O–H groups in total. The van der Waals surface area contributed by atoms with Crippen molar-refractivity contribution in [1.82, 2.24) is 9.03 Å². The monoisotopic (exact) mass is 308 g/mol. The molecule has 0 radical (unpaired) electrons. The van der Waals surface area contributed by atoms with Gasteiger partial charge >= 0.3 is 0 Å². The van der Waals surface area contributed by atoms with Crippen LogP contribution in [0.15, 0.2) is 47.8 Å². The number of hydrogen-bond acceptors (Lipinski definition) is 3. The Bertz CT molecular complexity index is 654. The van der Waals surface area contributed by atoms with Crippen molar-refractivity contribution in [3.05, 3.63) is 58.3 Å². The number of benzene rings is 1. The molecule has 1 saturated heterocycles. The summed E-state index contributed by atoms with van der Waals surface area (Å²) in [5.41, 5.74) is 0.962. The number of thiophene rings is 1. The predicted molar refractivity (Wildman–Crippen MR) is 80.6 cm³/mol. The molecule has 0 amide bonds. The van der Waals surface area contributed by atoms with Crippen molar-refractivity contribution in [1.29, 1.82) is 0 Å². The lowest BCUT2D eigenvalue weighted by Gasteiger charge is -2.38. The molecule has 0 saturated carbocycles. The minimum Gasteiger partial charge on any atom is -0.198 e. The molecular weight excluding hydrogens is 292 g/mol. The van der Waals surface area contributed by atoms with Crippen LogP contribution in [0.5, 0.6) is 0 Å². The highest BCUT2D eigenvalue weighted by molar-refractivity contribution is 7.87. The molecule has 6 heteroatoms. The van der Waals surface area contributed by atoms with Gasteiger partial charge in [0.2, 0.25) is 0 Å². The third-order valence-corrected chi connectivity index (χ3v) is 5.99. The molecule has 20 heavy (non-hydrogen) atoms. The average molecular weight is 308 g/mol. The van der Waals surface area contributed by atoms with E-state index in [1.54, 1.807) is 15.6 Å². The molecule has 1 atom stereocenters. The third kappa shape index (κ3) is 2.78. The van der Waals surface area contributed by atoms with Crippen molar-refractivity contribution in [2.24, 2.45) is 0 Å². The molecule has 1 fully saturated rings. The lowest BCUT2D eigenvalue weighted by Crippen LogP contribution is -2.49. The van der Waals surface area contributed by atoms with Crippen LogP contribution in [-0.2, 0) is 16.8 Å². The first-order valence-corrected chi connectivity index (χ1v) is 8.82. The molecule has 1 aromatic heterocycles. The number of nitrogens with one attached hydrogen (secondary N) is 1. The second-order valence-corrected chi connectivity index (χ2v) is 7.43. The minimum absolute atomic E-state index is 0.00303. The van der Waals surface area contributed by atoms with E-state index in [9.17, 15) is 8.42 Å². The highest BCUT2D eigenvalue weighted by atomic mass is 32.2. The maximum absolute atomic E-state index is 12.3. The fourth-order valence-corrected chi connectivity index (χ4v) is 4.62. The van der Waals surface area contributed by atoms with Crippen LogP contribution in [-0.4, -0.2) is 19.3 Å². The highest BCUT2D eigenvalue weighted by Gasteiger charge is 2.38. The van der Waals surface area contributed by atoms with Gasteiger partial charge in [-0.05, 0) is 23.4 Å². The largest absolute Gasteiger partial charge is 0.280 e. The van der Waals surface area contributed by atoms with Gasteiger partial charge in [-0.3, -0.25) is 0 Å². The van der Waals surface area contributed by atoms with E-state index in [0.29, 0.717) is 13.1 Å². The summed E-state index contributed by atoms with van der Waals surface area (Å²) in [6.45, 7) is 0.920. The van der Waals surface area contributed by atoms with E-state index in [4.69, 9.17) is 0 Å². The van der Waals surface area contributed by atoms with E-state index < -0.39 is 10.2 Å². The standard InChI is InChI=1S/C14H16N2O2S2/c17-20(18,15-11-12-5-2-1-3-6-12)16-9-8-13(16)14-7-4-10-19-14/h1-7,10,13,15H,8-9,11H2. The van der Waals surface area contributed by atoms with Crippen molar-refractivity contribution in [3.8, 4) is 0 Å². The Morgan fingerprint density at radius 1 is 1.20 bits per heavy atom. The lowest BCUT2D eigenvalue weighted by molar-refractivity contribution is 0.203. The van der Waals surface area contributed by atoms with Crippen LogP contribution < -0.4 is 4.72 Å². The number of rotatable bonds is 5. The Morgan fingerprint density at radius 3 is 2.60 bits per heavy atom. The quantitative estimate of drug-likeness (QED) is 0.923. The van der Waals surface area contributed by atoms with Gasteiger partial charge in [0, 0.05) is 18.0 Å². The molecule has 106 valence electrons. The normalized spacial score (nSPS) is 19.7. The van der Waals surface area contributed by atoms with Crippen LogP contribution in [0.1, 0.15) is 22.9 Å². The van der Waals surface area contributed by atoms with Crippen molar-refractivity contribution in [2.45, 2.75) is 19.0 Å². The first-order valence-electron chi connectivity index (χ1n) is 6.50. The summed E-state index contributed by atoms with van der Waals surface area (Å²) in [5.74, 6) is 0. The average Bonchev–Trinajstić information content (AvgIpc) is 2.89. The summed E-state index contributed by atoms with van der Waals surface area (Å²) in [5, 5.41) is 1.98. The zero-order valence-electron chi connectivity index (χ0n) is 10.9. The zero-order valence-corrected chi connectivity index (χ0v) is 12.5. The molecule has 1 aromatic carbocycles. The Labute approximate surface area is 123 Å². The fraction of sp³-hybridized carbons (Fsp3) is 0.286. The summed E-state index contributed by atoms with van der Waals surface area (Å²) in [6, 6.07) is 13.5. The van der Waals surface area contributed by atoms with Crippen molar-refractivity contribution in [3.63, 3.8) is 0 Å². The van der Waals surface area contributed by atoms with Gasteiger partial charge in [0.15, 0.2) is 0 Å². The van der Waals surface area contributed by atoms with E-state index in [0.717, 1.165) is 16.9 Å². The topological polar surface area (TPSA) is 49.4 Å². The van der Waals surface area contributed by atoms with Crippen LogP contribution in [0.25, 0.3) is 0 Å². The molecule has 2 aromatic rings. The van der Waals surface area contributed by atoms with Crippen LogP contribution in [0, 0.1) is 0 Å². The van der Waals surface area contributed by atoms with Gasteiger partial charge < -0.3 is 0 Å². The minimum atomic E-state index is -3.41. The Kier molecular flexibility index (Phi) is 3.89. The van der Waals surface area contributed by atoms with E-state index in [1.807, 2.05) is 47.8 Å². The molecule has 1 unspecified atom stereocenters. The van der Waals surface area contributed by atoms with Gasteiger partial charge in [-0.25, -0.2) is 0 Å². The maximum Gasteiger partial charge on any atom is 0.280 e. The fourth-order valence-electron chi connectivity index (χ4n) is 2.27. The zero-order chi connectivity index (χ0) is 14.0. The van der Waals surface area contributed by atoms with E-state index >= 15 is 0 Å². The summed E-state index contributed by atoms with van der Waals surface area (Å²) in [7, 11) is -3.41. The Balaban J connectivity index is 1.67. The van der Waals surface area contributed by atoms with E-state index in [-0.39, 0.29) is 6.04 Å². The van der Waals surface area contributed by atoms with Crippen LogP contribution in [0.4, 0.5) is 0 Å². The number of nitrogens with zero attached hydrogens (tertiary/aromatic N) is 1. The van der Waals surface area contributed by atoms with Gasteiger partial charge in [0.1, 0.15) is 0 Å². The second-order valence-electron chi connectivity index (χ2n) is 4.74. The molecule has 0 aliphatic carbocycles. The van der Waals surface area contributed by atoms with E-state index in [2.05, 4.69) is 4.72 Å². The van der Waals surface area contributed by atoms with Gasteiger partial charge in [0.25, 0.3) is 10.2 Å². The van der Waals surface area contributed by atoms with Crippen molar-refractivity contribution >= 4 is 21.5 Å². The molecule has 0 bridgehead atoms.